The number of fused-ring (bicyclic) bond motifs is 1. The summed E-state index contributed by atoms with van der Waals surface area (Å²) in [6.45, 7) is 4.50. The zero-order valence-electron chi connectivity index (χ0n) is 18.0. The van der Waals surface area contributed by atoms with Gasteiger partial charge in [-0.15, -0.1) is 0 Å². The van der Waals surface area contributed by atoms with Gasteiger partial charge in [0.2, 0.25) is 0 Å². The normalized spacial score (nSPS) is 19.3. The highest BCUT2D eigenvalue weighted by Crippen LogP contribution is 2.41. The zero-order valence-corrected chi connectivity index (χ0v) is 18.0. The minimum absolute atomic E-state index is 0.0431. The largest absolute Gasteiger partial charge is 0.433 e. The van der Waals surface area contributed by atoms with Gasteiger partial charge in [-0.2, -0.15) is 18.3 Å². The summed E-state index contributed by atoms with van der Waals surface area (Å²) in [5.74, 6) is 0.0103. The topological polar surface area (TPSA) is 85.8 Å². The number of hydrogen-bond acceptors (Lipinski definition) is 4. The van der Waals surface area contributed by atoms with E-state index in [9.17, 15) is 18.0 Å². The third-order valence-corrected chi connectivity index (χ3v) is 6.27. The Balaban J connectivity index is 1.54. The molecule has 32 heavy (non-hydrogen) atoms. The minimum atomic E-state index is -4.54. The van der Waals surface area contributed by atoms with Crippen molar-refractivity contribution in [2.45, 2.75) is 64.2 Å². The second-order valence-corrected chi connectivity index (χ2v) is 8.34. The summed E-state index contributed by atoms with van der Waals surface area (Å²) in [5, 5.41) is 7.84. The van der Waals surface area contributed by atoms with E-state index in [1.165, 1.54) is 0 Å². The van der Waals surface area contributed by atoms with Crippen LogP contribution in [-0.2, 0) is 12.7 Å². The van der Waals surface area contributed by atoms with Gasteiger partial charge in [-0.1, -0.05) is 6.07 Å². The van der Waals surface area contributed by atoms with Gasteiger partial charge < -0.3 is 11.1 Å². The van der Waals surface area contributed by atoms with Crippen LogP contribution in [0.5, 0.6) is 0 Å². The molecule has 0 saturated heterocycles. The van der Waals surface area contributed by atoms with Crippen LogP contribution in [0.3, 0.4) is 0 Å². The molecule has 170 valence electrons. The first kappa shape index (κ1) is 22.1. The lowest BCUT2D eigenvalue weighted by Crippen LogP contribution is -2.38. The molecule has 0 spiro atoms. The highest BCUT2D eigenvalue weighted by molar-refractivity contribution is 5.95. The molecule has 6 nitrogen and oxygen atoms in total. The molecule has 0 bridgehead atoms. The van der Waals surface area contributed by atoms with E-state index in [0.717, 1.165) is 42.9 Å². The third kappa shape index (κ3) is 4.16. The molecular weight excluding hydrogens is 419 g/mol. The Labute approximate surface area is 184 Å². The Morgan fingerprint density at radius 1 is 1.22 bits per heavy atom. The number of nitrogens with one attached hydrogen (secondary N) is 1. The maximum atomic E-state index is 13.2. The number of pyridine rings is 1. The molecule has 0 unspecified atom stereocenters. The molecule has 1 aliphatic rings. The van der Waals surface area contributed by atoms with Crippen molar-refractivity contribution in [3.8, 4) is 0 Å². The van der Waals surface area contributed by atoms with Crippen LogP contribution in [0, 0.1) is 6.92 Å². The Bertz CT molecular complexity index is 1150. The lowest BCUT2D eigenvalue weighted by Gasteiger charge is -2.31. The summed E-state index contributed by atoms with van der Waals surface area (Å²) in [5.41, 5.74) is 7.99. The Morgan fingerprint density at radius 2 is 1.94 bits per heavy atom. The van der Waals surface area contributed by atoms with E-state index < -0.39 is 11.9 Å². The van der Waals surface area contributed by atoms with Crippen molar-refractivity contribution in [2.24, 2.45) is 0 Å². The number of carbonyl (C=O) groups is 1. The Kier molecular flexibility index (Phi) is 5.83. The molecule has 9 heteroatoms. The predicted molar refractivity (Wildman–Crippen MR) is 116 cm³/mol. The number of alkyl halides is 3. The molecule has 1 saturated carbocycles. The molecule has 2 heterocycles. The van der Waals surface area contributed by atoms with E-state index in [2.05, 4.69) is 15.4 Å². The number of benzene rings is 1. The number of nitrogens with zero attached hydrogens (tertiary/aromatic N) is 3. The molecule has 1 aromatic carbocycles. The van der Waals surface area contributed by atoms with Gasteiger partial charge >= 0.3 is 6.18 Å². The van der Waals surface area contributed by atoms with Crippen molar-refractivity contribution in [1.82, 2.24) is 20.1 Å². The zero-order chi connectivity index (χ0) is 23.0. The number of nitrogen functional groups attached to an aromatic ring is 1. The summed E-state index contributed by atoms with van der Waals surface area (Å²) in [6.07, 6.45) is 0.232. The summed E-state index contributed by atoms with van der Waals surface area (Å²) < 4.78 is 41.2. The SMILES string of the molecule is CCn1nccc1C(=O)NC1CCC(c2c(C)ccc3nc(C(F)(F)F)cc(N)c23)CC1. The smallest absolute Gasteiger partial charge is 0.398 e. The monoisotopic (exact) mass is 445 g/mol. The van der Waals surface area contributed by atoms with Crippen molar-refractivity contribution in [3.05, 3.63) is 53.0 Å². The van der Waals surface area contributed by atoms with Gasteiger partial charge in [0.1, 0.15) is 11.4 Å². The van der Waals surface area contributed by atoms with Crippen LogP contribution in [0.15, 0.2) is 30.5 Å². The molecule has 0 atom stereocenters. The van der Waals surface area contributed by atoms with E-state index in [4.69, 9.17) is 5.73 Å². The molecule has 3 aromatic rings. The van der Waals surface area contributed by atoms with Gasteiger partial charge in [0.25, 0.3) is 5.91 Å². The van der Waals surface area contributed by atoms with Crippen LogP contribution in [0.4, 0.5) is 18.9 Å². The van der Waals surface area contributed by atoms with Crippen LogP contribution >= 0.6 is 0 Å². The molecule has 2 aromatic heterocycles. The standard InChI is InChI=1S/C23H26F3N5O/c1-3-31-18(10-11-28-31)22(32)29-15-7-5-14(6-8-15)20-13(2)4-9-17-21(20)16(27)12-19(30-17)23(24,25)26/h4,9-12,14-15H,3,5-8H2,1-2H3,(H2,27,30)(H,29,32). The average Bonchev–Trinajstić information content (AvgIpc) is 3.23. The number of amides is 1. The van der Waals surface area contributed by atoms with Crippen LogP contribution in [0.25, 0.3) is 10.9 Å². The van der Waals surface area contributed by atoms with E-state index in [-0.39, 0.29) is 29.1 Å². The third-order valence-electron chi connectivity index (χ3n) is 6.27. The maximum Gasteiger partial charge on any atom is 0.433 e. The second kappa shape index (κ2) is 8.44. The number of carbonyl (C=O) groups excluding carboxylic acids is 1. The summed E-state index contributed by atoms with van der Waals surface area (Å²) in [6, 6.07) is 6.08. The van der Waals surface area contributed by atoms with E-state index in [1.807, 2.05) is 19.9 Å². The first-order valence-electron chi connectivity index (χ1n) is 10.8. The van der Waals surface area contributed by atoms with E-state index in [1.54, 1.807) is 23.0 Å². The van der Waals surface area contributed by atoms with E-state index in [0.29, 0.717) is 17.6 Å². The van der Waals surface area contributed by atoms with Gasteiger partial charge in [0.15, 0.2) is 0 Å². The van der Waals surface area contributed by atoms with Crippen molar-refractivity contribution < 1.29 is 18.0 Å². The van der Waals surface area contributed by atoms with Gasteiger partial charge in [0, 0.05) is 29.9 Å². The predicted octanol–water partition coefficient (Wildman–Crippen LogP) is 4.82. The number of aromatic nitrogens is 3. The summed E-state index contributed by atoms with van der Waals surface area (Å²) in [7, 11) is 0. The van der Waals surface area contributed by atoms with Crippen molar-refractivity contribution in [1.29, 1.82) is 0 Å². The first-order valence-corrected chi connectivity index (χ1v) is 10.8. The lowest BCUT2D eigenvalue weighted by atomic mass is 9.78. The highest BCUT2D eigenvalue weighted by Gasteiger charge is 2.34. The minimum Gasteiger partial charge on any atom is -0.398 e. The molecule has 3 N–H and O–H groups in total. The summed E-state index contributed by atoms with van der Waals surface area (Å²) in [4.78, 5) is 16.4. The van der Waals surface area contributed by atoms with Gasteiger partial charge in [-0.05, 0) is 74.8 Å². The maximum absolute atomic E-state index is 13.2. The fraction of sp³-hybridized carbons (Fsp3) is 0.435. The van der Waals surface area contributed by atoms with Gasteiger partial charge in [-0.25, -0.2) is 4.98 Å². The average molecular weight is 445 g/mol. The second-order valence-electron chi connectivity index (χ2n) is 8.34. The molecule has 0 radical (unpaired) electrons. The lowest BCUT2D eigenvalue weighted by molar-refractivity contribution is -0.140. The fourth-order valence-corrected chi connectivity index (χ4v) is 4.72. The first-order chi connectivity index (χ1) is 15.2. The number of halogens is 3. The number of hydrogen-bond donors (Lipinski definition) is 2. The summed E-state index contributed by atoms with van der Waals surface area (Å²) >= 11 is 0. The molecule has 1 aliphatic carbocycles. The molecule has 1 fully saturated rings. The Morgan fingerprint density at radius 3 is 2.59 bits per heavy atom. The van der Waals surface area contributed by atoms with Gasteiger partial charge in [0.05, 0.1) is 5.52 Å². The molecule has 4 rings (SSSR count). The number of anilines is 1. The van der Waals surface area contributed by atoms with Crippen molar-refractivity contribution in [2.75, 3.05) is 5.73 Å². The van der Waals surface area contributed by atoms with Crippen LogP contribution in [-0.4, -0.2) is 26.7 Å². The number of rotatable bonds is 4. The van der Waals surface area contributed by atoms with E-state index >= 15 is 0 Å². The number of nitrogens with two attached hydrogens (primary N) is 1. The molecular formula is C23H26F3N5O. The quantitative estimate of drug-likeness (QED) is 0.603. The Hall–Kier alpha value is -3.10. The fourth-order valence-electron chi connectivity index (χ4n) is 4.72. The molecule has 1 amide bonds. The van der Waals surface area contributed by atoms with Crippen LogP contribution < -0.4 is 11.1 Å². The van der Waals surface area contributed by atoms with Crippen molar-refractivity contribution >= 4 is 22.5 Å². The van der Waals surface area contributed by atoms with Crippen LogP contribution in [0.2, 0.25) is 0 Å². The molecule has 0 aliphatic heterocycles. The van der Waals surface area contributed by atoms with Gasteiger partial charge in [-0.3, -0.25) is 9.48 Å². The highest BCUT2D eigenvalue weighted by atomic mass is 19.4. The van der Waals surface area contributed by atoms with Crippen molar-refractivity contribution in [3.63, 3.8) is 0 Å². The van der Waals surface area contributed by atoms with Crippen LogP contribution in [0.1, 0.15) is 65.8 Å². The number of aryl methyl sites for hydroxylation is 2.